The second-order valence-electron chi connectivity index (χ2n) is 8.14. The molecule has 146 valence electrons. The number of amides is 1. The van der Waals surface area contributed by atoms with Crippen molar-refractivity contribution in [2.75, 3.05) is 0 Å². The molecule has 1 unspecified atom stereocenters. The van der Waals surface area contributed by atoms with E-state index in [4.69, 9.17) is 12.2 Å². The van der Waals surface area contributed by atoms with Gasteiger partial charge in [0.05, 0.1) is 5.25 Å². The maximum absolute atomic E-state index is 12.0. The molecule has 1 amide bonds. The number of thioether (sulfide) groups is 1. The number of phenols is 1. The maximum atomic E-state index is 12.0. The van der Waals surface area contributed by atoms with E-state index in [1.54, 1.807) is 0 Å². The summed E-state index contributed by atoms with van der Waals surface area (Å²) in [5.74, 6) is 0.398. The zero-order chi connectivity index (χ0) is 19.7. The Balaban J connectivity index is 1.62. The largest absolute Gasteiger partial charge is 0.508 e. The van der Waals surface area contributed by atoms with Crippen LogP contribution in [0.5, 0.6) is 5.75 Å². The first-order chi connectivity index (χ1) is 13.4. The third kappa shape index (κ3) is 3.96. The molecular weight excluding hydrogens is 386 g/mol. The first-order valence-electron chi connectivity index (χ1n) is 9.89. The van der Waals surface area contributed by atoms with Gasteiger partial charge in [0.1, 0.15) is 10.1 Å². The lowest BCUT2D eigenvalue weighted by Crippen LogP contribution is -2.25. The molecule has 1 aliphatic heterocycles. The molecule has 2 aliphatic rings. The maximum Gasteiger partial charge on any atom is 0.239 e. The lowest BCUT2D eigenvalue weighted by molar-refractivity contribution is -0.118. The van der Waals surface area contributed by atoms with Gasteiger partial charge in [-0.2, -0.15) is 0 Å². The summed E-state index contributed by atoms with van der Waals surface area (Å²) < 4.78 is 0.565. The van der Waals surface area contributed by atoms with Crippen molar-refractivity contribution in [3.63, 3.8) is 0 Å². The predicted molar refractivity (Wildman–Crippen MR) is 120 cm³/mol. The van der Waals surface area contributed by atoms with Gasteiger partial charge < -0.3 is 10.4 Å². The van der Waals surface area contributed by atoms with Gasteiger partial charge in [-0.1, -0.05) is 80.5 Å². The monoisotopic (exact) mass is 411 g/mol. The molecule has 2 aromatic rings. The van der Waals surface area contributed by atoms with Crippen LogP contribution in [-0.2, 0) is 16.6 Å². The molecule has 1 saturated carbocycles. The number of hydrogen-bond acceptors (Lipinski definition) is 4. The summed E-state index contributed by atoms with van der Waals surface area (Å²) in [7, 11) is 0. The Kier molecular flexibility index (Phi) is 5.48. The highest BCUT2D eigenvalue weighted by atomic mass is 32.2. The van der Waals surface area contributed by atoms with Crippen LogP contribution in [0.2, 0.25) is 0 Å². The summed E-state index contributed by atoms with van der Waals surface area (Å²) in [6.07, 6.45) is 6.63. The topological polar surface area (TPSA) is 49.3 Å². The molecule has 2 fully saturated rings. The number of rotatable bonds is 4. The van der Waals surface area contributed by atoms with Gasteiger partial charge in [0, 0.05) is 5.56 Å². The fourth-order valence-corrected chi connectivity index (χ4v) is 5.73. The van der Waals surface area contributed by atoms with Gasteiger partial charge in [0.2, 0.25) is 5.91 Å². The van der Waals surface area contributed by atoms with E-state index in [2.05, 4.69) is 36.5 Å². The Morgan fingerprint density at radius 3 is 2.61 bits per heavy atom. The molecule has 1 aliphatic carbocycles. The molecule has 0 bridgehead atoms. The van der Waals surface area contributed by atoms with Crippen LogP contribution in [-0.4, -0.2) is 20.6 Å². The summed E-state index contributed by atoms with van der Waals surface area (Å²) in [4.78, 5) is 12.0. The van der Waals surface area contributed by atoms with Crippen LogP contribution in [0.25, 0.3) is 11.1 Å². The molecule has 0 radical (unpaired) electrons. The Hall–Kier alpha value is -1.85. The van der Waals surface area contributed by atoms with Crippen LogP contribution in [0.15, 0.2) is 42.5 Å². The molecule has 1 saturated heterocycles. The van der Waals surface area contributed by atoms with Crippen molar-refractivity contribution in [1.29, 1.82) is 0 Å². The van der Waals surface area contributed by atoms with Gasteiger partial charge in [-0.25, -0.2) is 0 Å². The quantitative estimate of drug-likeness (QED) is 0.667. The molecule has 0 spiro atoms. The molecule has 0 aromatic heterocycles. The van der Waals surface area contributed by atoms with Crippen molar-refractivity contribution >= 4 is 34.2 Å². The fourth-order valence-electron chi connectivity index (χ4n) is 4.42. The molecular formula is C23H25NO2S2. The zero-order valence-corrected chi connectivity index (χ0v) is 17.7. The second-order valence-corrected chi connectivity index (χ2v) is 10.0. The van der Waals surface area contributed by atoms with Crippen molar-refractivity contribution in [2.24, 2.45) is 0 Å². The normalized spacial score (nSPS) is 21.5. The first kappa shape index (κ1) is 19.5. The minimum absolute atomic E-state index is 0.00227. The van der Waals surface area contributed by atoms with Crippen molar-refractivity contribution in [1.82, 2.24) is 5.32 Å². The van der Waals surface area contributed by atoms with Crippen molar-refractivity contribution < 1.29 is 9.90 Å². The SMILES string of the molecule is CC1(c2cc(-c3cccc(CC4SC(=S)NC4=O)c3)ccc2O)CCCCC1. The lowest BCUT2D eigenvalue weighted by Gasteiger charge is -2.35. The highest BCUT2D eigenvalue weighted by Gasteiger charge is 2.31. The zero-order valence-electron chi connectivity index (χ0n) is 16.0. The van der Waals surface area contributed by atoms with Crippen LogP contribution >= 0.6 is 24.0 Å². The van der Waals surface area contributed by atoms with E-state index in [1.807, 2.05) is 18.2 Å². The van der Waals surface area contributed by atoms with E-state index in [0.29, 0.717) is 16.5 Å². The van der Waals surface area contributed by atoms with E-state index < -0.39 is 0 Å². The molecule has 3 nitrogen and oxygen atoms in total. The Morgan fingerprint density at radius 2 is 1.89 bits per heavy atom. The summed E-state index contributed by atoms with van der Waals surface area (Å²) in [6, 6.07) is 14.3. The summed E-state index contributed by atoms with van der Waals surface area (Å²) in [6.45, 7) is 2.28. The number of nitrogens with one attached hydrogen (secondary N) is 1. The van der Waals surface area contributed by atoms with Crippen LogP contribution < -0.4 is 5.32 Å². The molecule has 2 N–H and O–H groups in total. The van der Waals surface area contributed by atoms with Crippen LogP contribution in [0.1, 0.15) is 50.2 Å². The van der Waals surface area contributed by atoms with E-state index in [1.165, 1.54) is 31.0 Å². The number of phenolic OH excluding ortho intramolecular Hbond substituents is 1. The van der Waals surface area contributed by atoms with Crippen LogP contribution in [0.4, 0.5) is 0 Å². The molecule has 1 heterocycles. The summed E-state index contributed by atoms with van der Waals surface area (Å²) >= 11 is 6.53. The van der Waals surface area contributed by atoms with Crippen molar-refractivity contribution in [2.45, 2.75) is 56.1 Å². The third-order valence-electron chi connectivity index (χ3n) is 6.05. The molecule has 2 aromatic carbocycles. The van der Waals surface area contributed by atoms with Gasteiger partial charge in [-0.3, -0.25) is 4.79 Å². The third-order valence-corrected chi connectivity index (χ3v) is 7.42. The summed E-state index contributed by atoms with van der Waals surface area (Å²) in [5, 5.41) is 13.1. The van der Waals surface area contributed by atoms with Gasteiger partial charge in [-0.15, -0.1) is 0 Å². The number of aromatic hydroxyl groups is 1. The average Bonchev–Trinajstić information content (AvgIpc) is 2.99. The lowest BCUT2D eigenvalue weighted by atomic mass is 9.70. The number of carbonyl (C=O) groups excluding carboxylic acids is 1. The molecule has 5 heteroatoms. The number of carbonyl (C=O) groups is 1. The minimum atomic E-state index is -0.153. The van der Waals surface area contributed by atoms with Crippen LogP contribution in [0.3, 0.4) is 0 Å². The van der Waals surface area contributed by atoms with E-state index >= 15 is 0 Å². The Labute approximate surface area is 175 Å². The first-order valence-corrected chi connectivity index (χ1v) is 11.2. The highest BCUT2D eigenvalue weighted by molar-refractivity contribution is 8.24. The Bertz CT molecular complexity index is 919. The van der Waals surface area contributed by atoms with Crippen LogP contribution in [0, 0.1) is 0 Å². The fraction of sp³-hybridized carbons (Fsp3) is 0.391. The van der Waals surface area contributed by atoms with Crippen molar-refractivity contribution in [3.8, 4) is 16.9 Å². The second kappa shape index (κ2) is 7.88. The van der Waals surface area contributed by atoms with Crippen molar-refractivity contribution in [3.05, 3.63) is 53.6 Å². The van der Waals surface area contributed by atoms with Gasteiger partial charge in [0.15, 0.2) is 0 Å². The van der Waals surface area contributed by atoms with Gasteiger partial charge in [0.25, 0.3) is 0 Å². The predicted octanol–water partition coefficient (Wildman–Crippen LogP) is 5.34. The Morgan fingerprint density at radius 1 is 1.14 bits per heavy atom. The van der Waals surface area contributed by atoms with E-state index in [9.17, 15) is 9.90 Å². The molecule has 4 rings (SSSR count). The van der Waals surface area contributed by atoms with Gasteiger partial charge in [-0.05, 0) is 53.5 Å². The smallest absolute Gasteiger partial charge is 0.239 e. The van der Waals surface area contributed by atoms with Gasteiger partial charge >= 0.3 is 0 Å². The highest BCUT2D eigenvalue weighted by Crippen LogP contribution is 2.44. The molecule has 1 atom stereocenters. The minimum Gasteiger partial charge on any atom is -0.508 e. The average molecular weight is 412 g/mol. The number of benzene rings is 2. The van der Waals surface area contributed by atoms with E-state index in [-0.39, 0.29) is 16.6 Å². The summed E-state index contributed by atoms with van der Waals surface area (Å²) in [5.41, 5.74) is 4.45. The standard InChI is InChI=1S/C23H25NO2S2/c1-23(10-3-2-4-11-23)18-14-17(8-9-19(18)25)16-7-5-6-15(12-16)13-20-21(26)24-22(27)28-20/h5-9,12,14,20,25H,2-4,10-11,13H2,1H3,(H,24,26,27). The number of thiocarbonyl (C=S) groups is 1. The number of hydrogen-bond donors (Lipinski definition) is 2. The van der Waals surface area contributed by atoms with E-state index in [0.717, 1.165) is 35.1 Å². The molecule has 28 heavy (non-hydrogen) atoms.